The lowest BCUT2D eigenvalue weighted by molar-refractivity contribution is 0.361. The average Bonchev–Trinajstić information content (AvgIpc) is 2.81. The second kappa shape index (κ2) is 4.77. The summed E-state index contributed by atoms with van der Waals surface area (Å²) < 4.78 is 1.99. The standard InChI is InChI=1S/C13H24N4/c1-10(2)17-12(15-9-16-17)8-14-11-5-6-13(3,4)7-11/h9-11,14H,5-8H2,1-4H3. The van der Waals surface area contributed by atoms with Crippen LogP contribution in [0.25, 0.3) is 0 Å². The van der Waals surface area contributed by atoms with Crippen LogP contribution in [-0.2, 0) is 6.54 Å². The van der Waals surface area contributed by atoms with Crippen molar-refractivity contribution in [1.29, 1.82) is 0 Å². The third-order valence-electron chi connectivity index (χ3n) is 3.65. The summed E-state index contributed by atoms with van der Waals surface area (Å²) in [5.74, 6) is 1.05. The largest absolute Gasteiger partial charge is 0.307 e. The SMILES string of the molecule is CC(C)n1ncnc1CNC1CCC(C)(C)C1. The Balaban J connectivity index is 1.88. The lowest BCUT2D eigenvalue weighted by Gasteiger charge is -2.18. The van der Waals surface area contributed by atoms with Gasteiger partial charge >= 0.3 is 0 Å². The Hall–Kier alpha value is -0.900. The normalized spacial score (nSPS) is 23.5. The van der Waals surface area contributed by atoms with Gasteiger partial charge in [0.25, 0.3) is 0 Å². The van der Waals surface area contributed by atoms with Gasteiger partial charge in [0.2, 0.25) is 0 Å². The van der Waals surface area contributed by atoms with Crippen molar-refractivity contribution in [3.63, 3.8) is 0 Å². The first-order valence-corrected chi connectivity index (χ1v) is 6.60. The van der Waals surface area contributed by atoms with E-state index in [4.69, 9.17) is 0 Å². The fourth-order valence-corrected chi connectivity index (χ4v) is 2.68. The predicted octanol–water partition coefficient (Wildman–Crippen LogP) is 2.53. The van der Waals surface area contributed by atoms with Gasteiger partial charge in [0.15, 0.2) is 0 Å². The van der Waals surface area contributed by atoms with E-state index >= 15 is 0 Å². The number of nitrogens with zero attached hydrogens (tertiary/aromatic N) is 3. The molecule has 96 valence electrons. The second-order valence-electron chi connectivity index (χ2n) is 6.20. The molecule has 0 aliphatic heterocycles. The number of hydrogen-bond acceptors (Lipinski definition) is 3. The van der Waals surface area contributed by atoms with Crippen LogP contribution in [0.15, 0.2) is 6.33 Å². The molecule has 4 heteroatoms. The van der Waals surface area contributed by atoms with Crippen molar-refractivity contribution >= 4 is 0 Å². The Kier molecular flexibility index (Phi) is 3.52. The van der Waals surface area contributed by atoms with Gasteiger partial charge in [-0.1, -0.05) is 13.8 Å². The molecule has 1 unspecified atom stereocenters. The molecule has 0 spiro atoms. The van der Waals surface area contributed by atoms with Crippen LogP contribution in [0.4, 0.5) is 0 Å². The summed E-state index contributed by atoms with van der Waals surface area (Å²) in [5, 5.41) is 7.87. The van der Waals surface area contributed by atoms with Gasteiger partial charge in [0.05, 0.1) is 6.54 Å². The van der Waals surface area contributed by atoms with E-state index in [0.717, 1.165) is 12.4 Å². The smallest absolute Gasteiger partial charge is 0.141 e. The topological polar surface area (TPSA) is 42.7 Å². The Morgan fingerprint density at radius 3 is 2.88 bits per heavy atom. The fourth-order valence-electron chi connectivity index (χ4n) is 2.68. The Morgan fingerprint density at radius 2 is 2.29 bits per heavy atom. The van der Waals surface area contributed by atoms with Gasteiger partial charge in [0, 0.05) is 12.1 Å². The van der Waals surface area contributed by atoms with Crippen molar-refractivity contribution in [1.82, 2.24) is 20.1 Å². The average molecular weight is 236 g/mol. The molecule has 0 aromatic carbocycles. The summed E-state index contributed by atoms with van der Waals surface area (Å²) in [7, 11) is 0. The summed E-state index contributed by atoms with van der Waals surface area (Å²) in [6, 6.07) is 1.02. The first-order chi connectivity index (χ1) is 7.98. The minimum absolute atomic E-state index is 0.384. The van der Waals surface area contributed by atoms with Gasteiger partial charge < -0.3 is 5.32 Å². The van der Waals surface area contributed by atoms with Gasteiger partial charge in [-0.2, -0.15) is 5.10 Å². The highest BCUT2D eigenvalue weighted by molar-refractivity contribution is 4.90. The lowest BCUT2D eigenvalue weighted by Crippen LogP contribution is -2.28. The van der Waals surface area contributed by atoms with E-state index in [-0.39, 0.29) is 0 Å². The predicted molar refractivity (Wildman–Crippen MR) is 68.7 cm³/mol. The quantitative estimate of drug-likeness (QED) is 0.873. The van der Waals surface area contributed by atoms with E-state index in [1.807, 2.05) is 4.68 Å². The number of nitrogens with one attached hydrogen (secondary N) is 1. The Labute approximate surface area is 104 Å². The van der Waals surface area contributed by atoms with E-state index < -0.39 is 0 Å². The van der Waals surface area contributed by atoms with Crippen molar-refractivity contribution in [2.45, 2.75) is 65.6 Å². The zero-order valence-electron chi connectivity index (χ0n) is 11.4. The van der Waals surface area contributed by atoms with Gasteiger partial charge in [-0.25, -0.2) is 9.67 Å². The molecule has 1 fully saturated rings. The highest BCUT2D eigenvalue weighted by Crippen LogP contribution is 2.36. The van der Waals surface area contributed by atoms with Crippen molar-refractivity contribution in [3.05, 3.63) is 12.2 Å². The molecule has 2 rings (SSSR count). The maximum Gasteiger partial charge on any atom is 0.141 e. The molecule has 1 saturated carbocycles. The molecule has 1 N–H and O–H groups in total. The van der Waals surface area contributed by atoms with E-state index in [0.29, 0.717) is 17.5 Å². The fraction of sp³-hybridized carbons (Fsp3) is 0.846. The zero-order valence-corrected chi connectivity index (χ0v) is 11.4. The van der Waals surface area contributed by atoms with Crippen LogP contribution in [0.2, 0.25) is 0 Å². The molecule has 17 heavy (non-hydrogen) atoms. The third kappa shape index (κ3) is 3.06. The summed E-state index contributed by atoms with van der Waals surface area (Å²) >= 11 is 0. The summed E-state index contributed by atoms with van der Waals surface area (Å²) in [6.45, 7) is 9.81. The number of aromatic nitrogens is 3. The van der Waals surface area contributed by atoms with E-state index in [2.05, 4.69) is 43.1 Å². The molecule has 1 aliphatic rings. The minimum Gasteiger partial charge on any atom is -0.307 e. The summed E-state index contributed by atoms with van der Waals surface area (Å²) in [6.07, 6.45) is 5.52. The van der Waals surface area contributed by atoms with Crippen LogP contribution in [0.1, 0.15) is 58.8 Å². The molecular weight excluding hydrogens is 212 g/mol. The monoisotopic (exact) mass is 236 g/mol. The molecule has 0 radical (unpaired) electrons. The van der Waals surface area contributed by atoms with Crippen LogP contribution >= 0.6 is 0 Å². The van der Waals surface area contributed by atoms with Crippen molar-refractivity contribution in [3.8, 4) is 0 Å². The first kappa shape index (κ1) is 12.6. The second-order valence-corrected chi connectivity index (χ2v) is 6.20. The highest BCUT2D eigenvalue weighted by atomic mass is 15.4. The maximum absolute atomic E-state index is 4.32. The molecule has 0 bridgehead atoms. The van der Waals surface area contributed by atoms with Crippen molar-refractivity contribution in [2.24, 2.45) is 5.41 Å². The Bertz CT molecular complexity index is 367. The molecule has 1 atom stereocenters. The van der Waals surface area contributed by atoms with Crippen LogP contribution < -0.4 is 5.32 Å². The Morgan fingerprint density at radius 1 is 1.53 bits per heavy atom. The van der Waals surface area contributed by atoms with E-state index in [1.54, 1.807) is 6.33 Å². The highest BCUT2D eigenvalue weighted by Gasteiger charge is 2.30. The molecule has 0 amide bonds. The van der Waals surface area contributed by atoms with Crippen molar-refractivity contribution < 1.29 is 0 Å². The molecule has 1 aromatic heterocycles. The van der Waals surface area contributed by atoms with Gasteiger partial charge in [-0.05, 0) is 38.5 Å². The van der Waals surface area contributed by atoms with Gasteiger partial charge in [-0.3, -0.25) is 0 Å². The van der Waals surface area contributed by atoms with E-state index in [1.165, 1.54) is 19.3 Å². The summed E-state index contributed by atoms with van der Waals surface area (Å²) in [5.41, 5.74) is 0.503. The molecule has 0 saturated heterocycles. The maximum atomic E-state index is 4.32. The van der Waals surface area contributed by atoms with Crippen LogP contribution in [0, 0.1) is 5.41 Å². The number of hydrogen-bond donors (Lipinski definition) is 1. The first-order valence-electron chi connectivity index (χ1n) is 6.60. The molecule has 1 aliphatic carbocycles. The van der Waals surface area contributed by atoms with Gasteiger partial charge in [-0.15, -0.1) is 0 Å². The summed E-state index contributed by atoms with van der Waals surface area (Å²) in [4.78, 5) is 4.32. The zero-order chi connectivity index (χ0) is 12.5. The van der Waals surface area contributed by atoms with Gasteiger partial charge in [0.1, 0.15) is 12.2 Å². The lowest BCUT2D eigenvalue weighted by atomic mass is 9.92. The minimum atomic E-state index is 0.384. The molecular formula is C13H24N4. The van der Waals surface area contributed by atoms with Crippen LogP contribution in [0.3, 0.4) is 0 Å². The molecule has 4 nitrogen and oxygen atoms in total. The third-order valence-corrected chi connectivity index (χ3v) is 3.65. The van der Waals surface area contributed by atoms with E-state index in [9.17, 15) is 0 Å². The van der Waals surface area contributed by atoms with Crippen molar-refractivity contribution in [2.75, 3.05) is 0 Å². The molecule has 1 aromatic rings. The number of rotatable bonds is 4. The van der Waals surface area contributed by atoms with Crippen LogP contribution in [-0.4, -0.2) is 20.8 Å². The molecule has 1 heterocycles. The van der Waals surface area contributed by atoms with Crippen LogP contribution in [0.5, 0.6) is 0 Å².